The van der Waals surface area contributed by atoms with E-state index in [2.05, 4.69) is 26.0 Å². The van der Waals surface area contributed by atoms with Gasteiger partial charge < -0.3 is 5.11 Å². The van der Waals surface area contributed by atoms with Crippen LogP contribution in [0.2, 0.25) is 5.02 Å². The predicted octanol–water partition coefficient (Wildman–Crippen LogP) is 3.05. The van der Waals surface area contributed by atoms with Crippen molar-refractivity contribution < 1.29 is 5.11 Å². The van der Waals surface area contributed by atoms with Crippen molar-refractivity contribution in [3.8, 4) is 11.4 Å². The van der Waals surface area contributed by atoms with Crippen molar-refractivity contribution >= 4 is 27.5 Å². The van der Waals surface area contributed by atoms with Crippen molar-refractivity contribution in [2.24, 2.45) is 0 Å². The van der Waals surface area contributed by atoms with Gasteiger partial charge in [-0.2, -0.15) is 5.10 Å². The molecule has 2 aromatic rings. The van der Waals surface area contributed by atoms with Crippen LogP contribution in [0.3, 0.4) is 0 Å². The summed E-state index contributed by atoms with van der Waals surface area (Å²) in [6.45, 7) is 2.69. The van der Waals surface area contributed by atoms with Crippen molar-refractivity contribution in [1.82, 2.24) is 14.8 Å². The van der Waals surface area contributed by atoms with Crippen molar-refractivity contribution in [2.75, 3.05) is 6.61 Å². The molecular weight excluding hydrogens is 318 g/mol. The second-order valence-corrected chi connectivity index (χ2v) is 5.23. The van der Waals surface area contributed by atoms with E-state index in [0.29, 0.717) is 23.8 Å². The zero-order chi connectivity index (χ0) is 13.1. The van der Waals surface area contributed by atoms with Crippen molar-refractivity contribution in [1.29, 1.82) is 0 Å². The SMILES string of the molecule is Cc1nc(-c2ccc(Br)cc2Cl)nn1CCCO. The molecule has 0 radical (unpaired) electrons. The van der Waals surface area contributed by atoms with Gasteiger partial charge in [0.25, 0.3) is 0 Å². The Morgan fingerprint density at radius 1 is 1.44 bits per heavy atom. The largest absolute Gasteiger partial charge is 0.396 e. The van der Waals surface area contributed by atoms with Crippen LogP contribution in [0.15, 0.2) is 22.7 Å². The summed E-state index contributed by atoms with van der Waals surface area (Å²) in [5, 5.41) is 13.8. The van der Waals surface area contributed by atoms with E-state index in [4.69, 9.17) is 16.7 Å². The first kappa shape index (κ1) is 13.5. The first-order valence-electron chi connectivity index (χ1n) is 5.59. The van der Waals surface area contributed by atoms with E-state index in [1.54, 1.807) is 4.68 Å². The van der Waals surface area contributed by atoms with Crippen LogP contribution in [0.5, 0.6) is 0 Å². The summed E-state index contributed by atoms with van der Waals surface area (Å²) in [5.41, 5.74) is 0.811. The second-order valence-electron chi connectivity index (χ2n) is 3.91. The lowest BCUT2D eigenvalue weighted by Crippen LogP contribution is -2.04. The molecule has 0 unspecified atom stereocenters. The molecule has 1 aromatic heterocycles. The highest BCUT2D eigenvalue weighted by molar-refractivity contribution is 9.10. The maximum absolute atomic E-state index is 8.83. The Morgan fingerprint density at radius 2 is 2.22 bits per heavy atom. The average Bonchev–Trinajstić information content (AvgIpc) is 2.68. The van der Waals surface area contributed by atoms with Gasteiger partial charge in [-0.05, 0) is 31.5 Å². The number of benzene rings is 1. The van der Waals surface area contributed by atoms with E-state index in [1.165, 1.54) is 0 Å². The zero-order valence-electron chi connectivity index (χ0n) is 9.90. The molecule has 0 spiro atoms. The third kappa shape index (κ3) is 2.91. The molecule has 6 heteroatoms. The molecule has 0 saturated heterocycles. The molecule has 1 N–H and O–H groups in total. The summed E-state index contributed by atoms with van der Waals surface area (Å²) in [4.78, 5) is 4.39. The highest BCUT2D eigenvalue weighted by atomic mass is 79.9. The molecule has 0 atom stereocenters. The molecule has 18 heavy (non-hydrogen) atoms. The van der Waals surface area contributed by atoms with Crippen LogP contribution >= 0.6 is 27.5 Å². The molecule has 4 nitrogen and oxygen atoms in total. The van der Waals surface area contributed by atoms with E-state index >= 15 is 0 Å². The Kier molecular flexibility index (Phi) is 4.37. The summed E-state index contributed by atoms with van der Waals surface area (Å²) in [6, 6.07) is 5.61. The minimum Gasteiger partial charge on any atom is -0.396 e. The first-order valence-corrected chi connectivity index (χ1v) is 6.76. The molecular formula is C12H13BrClN3O. The average molecular weight is 331 g/mol. The third-order valence-corrected chi connectivity index (χ3v) is 3.36. The number of aliphatic hydroxyl groups is 1. The van der Waals surface area contributed by atoms with E-state index in [9.17, 15) is 0 Å². The van der Waals surface area contributed by atoms with Crippen molar-refractivity contribution in [3.05, 3.63) is 33.5 Å². The quantitative estimate of drug-likeness (QED) is 0.937. The normalized spacial score (nSPS) is 10.9. The number of hydrogen-bond acceptors (Lipinski definition) is 3. The Balaban J connectivity index is 2.33. The maximum atomic E-state index is 8.83. The number of aromatic nitrogens is 3. The zero-order valence-corrected chi connectivity index (χ0v) is 12.2. The lowest BCUT2D eigenvalue weighted by molar-refractivity contribution is 0.276. The number of aliphatic hydroxyl groups excluding tert-OH is 1. The molecule has 1 aromatic carbocycles. The van der Waals surface area contributed by atoms with Gasteiger partial charge in [0.15, 0.2) is 5.82 Å². The Labute approximate surface area is 119 Å². The first-order chi connectivity index (χ1) is 8.61. The number of nitrogens with zero attached hydrogens (tertiary/aromatic N) is 3. The molecule has 0 aliphatic carbocycles. The van der Waals surface area contributed by atoms with Gasteiger partial charge in [0.1, 0.15) is 5.82 Å². The van der Waals surface area contributed by atoms with Crippen LogP contribution in [0.25, 0.3) is 11.4 Å². The van der Waals surface area contributed by atoms with Crippen LogP contribution in [-0.2, 0) is 6.54 Å². The van der Waals surface area contributed by atoms with E-state index in [1.807, 2.05) is 25.1 Å². The monoisotopic (exact) mass is 329 g/mol. The van der Waals surface area contributed by atoms with Gasteiger partial charge in [-0.3, -0.25) is 0 Å². The van der Waals surface area contributed by atoms with Gasteiger partial charge in [0.05, 0.1) is 5.02 Å². The fraction of sp³-hybridized carbons (Fsp3) is 0.333. The van der Waals surface area contributed by atoms with Crippen molar-refractivity contribution in [3.63, 3.8) is 0 Å². The topological polar surface area (TPSA) is 50.9 Å². The molecule has 1 heterocycles. The summed E-state index contributed by atoms with van der Waals surface area (Å²) in [5.74, 6) is 1.43. The molecule has 0 amide bonds. The molecule has 0 aliphatic rings. The Hall–Kier alpha value is -0.910. The van der Waals surface area contributed by atoms with Crippen LogP contribution in [0.1, 0.15) is 12.2 Å². The second kappa shape index (κ2) is 5.82. The van der Waals surface area contributed by atoms with Gasteiger partial charge >= 0.3 is 0 Å². The van der Waals surface area contributed by atoms with Gasteiger partial charge in [-0.25, -0.2) is 9.67 Å². The third-order valence-electron chi connectivity index (χ3n) is 2.56. The number of rotatable bonds is 4. The van der Waals surface area contributed by atoms with Gasteiger partial charge in [-0.1, -0.05) is 27.5 Å². The maximum Gasteiger partial charge on any atom is 0.182 e. The van der Waals surface area contributed by atoms with Gasteiger partial charge in [0.2, 0.25) is 0 Å². The molecule has 0 bridgehead atoms. The van der Waals surface area contributed by atoms with Gasteiger partial charge in [-0.15, -0.1) is 0 Å². The van der Waals surface area contributed by atoms with Crippen LogP contribution in [-0.4, -0.2) is 26.5 Å². The molecule has 0 saturated carbocycles. The highest BCUT2D eigenvalue weighted by Crippen LogP contribution is 2.28. The Morgan fingerprint density at radius 3 is 2.89 bits per heavy atom. The standard InChI is InChI=1S/C12H13BrClN3O/c1-8-15-12(16-17(8)5-2-6-18)10-4-3-9(13)7-11(10)14/h3-4,7,18H,2,5-6H2,1H3. The highest BCUT2D eigenvalue weighted by Gasteiger charge is 2.11. The van der Waals surface area contributed by atoms with E-state index in [0.717, 1.165) is 15.9 Å². The fourth-order valence-corrected chi connectivity index (χ4v) is 2.40. The van der Waals surface area contributed by atoms with E-state index < -0.39 is 0 Å². The van der Waals surface area contributed by atoms with Crippen LogP contribution in [0, 0.1) is 6.92 Å². The summed E-state index contributed by atoms with van der Waals surface area (Å²) in [7, 11) is 0. The minimum absolute atomic E-state index is 0.147. The van der Waals surface area contributed by atoms with Gasteiger partial charge in [0, 0.05) is 23.2 Å². The molecule has 0 aliphatic heterocycles. The molecule has 0 fully saturated rings. The summed E-state index contributed by atoms with van der Waals surface area (Å²) < 4.78 is 2.71. The Bertz CT molecular complexity index is 556. The number of halogens is 2. The lowest BCUT2D eigenvalue weighted by atomic mass is 10.2. The predicted molar refractivity (Wildman–Crippen MR) is 74.6 cm³/mol. The minimum atomic E-state index is 0.147. The lowest BCUT2D eigenvalue weighted by Gasteiger charge is -2.01. The fourth-order valence-electron chi connectivity index (χ4n) is 1.64. The van der Waals surface area contributed by atoms with E-state index in [-0.39, 0.29) is 6.61 Å². The number of hydrogen-bond donors (Lipinski definition) is 1. The number of aryl methyl sites for hydroxylation is 2. The molecule has 96 valence electrons. The molecule has 2 rings (SSSR count). The smallest absolute Gasteiger partial charge is 0.182 e. The van der Waals surface area contributed by atoms with Crippen LogP contribution < -0.4 is 0 Å². The summed E-state index contributed by atoms with van der Waals surface area (Å²) in [6.07, 6.45) is 0.664. The summed E-state index contributed by atoms with van der Waals surface area (Å²) >= 11 is 9.54. The van der Waals surface area contributed by atoms with Crippen molar-refractivity contribution in [2.45, 2.75) is 19.9 Å². The van der Waals surface area contributed by atoms with Crippen LogP contribution in [0.4, 0.5) is 0 Å².